The molecule has 0 fully saturated rings. The van der Waals surface area contributed by atoms with Gasteiger partial charge in [0.2, 0.25) is 0 Å². The van der Waals surface area contributed by atoms with Gasteiger partial charge in [0.15, 0.2) is 9.84 Å². The van der Waals surface area contributed by atoms with Gasteiger partial charge < -0.3 is 10.0 Å². The summed E-state index contributed by atoms with van der Waals surface area (Å²) in [5.41, 5.74) is 0.978. The van der Waals surface area contributed by atoms with E-state index in [-0.39, 0.29) is 6.61 Å². The van der Waals surface area contributed by atoms with Crippen LogP contribution in [0.5, 0.6) is 0 Å². The Kier molecular flexibility index (Phi) is 5.16. The van der Waals surface area contributed by atoms with Crippen molar-refractivity contribution in [2.45, 2.75) is 31.2 Å². The fourth-order valence-corrected chi connectivity index (χ4v) is 2.44. The van der Waals surface area contributed by atoms with Gasteiger partial charge in [0.1, 0.15) is 0 Å². The molecule has 18 heavy (non-hydrogen) atoms. The molecule has 102 valence electrons. The van der Waals surface area contributed by atoms with Crippen LogP contribution in [0.15, 0.2) is 29.2 Å². The van der Waals surface area contributed by atoms with Crippen molar-refractivity contribution in [1.82, 2.24) is 0 Å². The quantitative estimate of drug-likeness (QED) is 0.855. The van der Waals surface area contributed by atoms with Crippen molar-refractivity contribution in [3.8, 4) is 0 Å². The highest BCUT2D eigenvalue weighted by Crippen LogP contribution is 2.20. The molecule has 0 unspecified atom stereocenters. The highest BCUT2D eigenvalue weighted by Gasteiger charge is 2.12. The van der Waals surface area contributed by atoms with Crippen molar-refractivity contribution < 1.29 is 13.5 Å². The highest BCUT2D eigenvalue weighted by atomic mass is 32.2. The third-order valence-electron chi connectivity index (χ3n) is 2.78. The third kappa shape index (κ3) is 3.99. The molecule has 0 saturated heterocycles. The number of sulfone groups is 1. The molecule has 0 aliphatic rings. The first-order valence-corrected chi connectivity index (χ1v) is 7.93. The minimum Gasteiger partial charge on any atom is -0.396 e. The van der Waals surface area contributed by atoms with E-state index < -0.39 is 9.84 Å². The lowest BCUT2D eigenvalue weighted by molar-refractivity contribution is 0.288. The summed E-state index contributed by atoms with van der Waals surface area (Å²) in [5, 5.41) is 8.89. The lowest BCUT2D eigenvalue weighted by Gasteiger charge is -2.29. The van der Waals surface area contributed by atoms with Gasteiger partial charge in [-0.15, -0.1) is 0 Å². The summed E-state index contributed by atoms with van der Waals surface area (Å²) in [6.07, 6.45) is 1.90. The molecule has 5 heteroatoms. The van der Waals surface area contributed by atoms with Crippen molar-refractivity contribution in [1.29, 1.82) is 0 Å². The van der Waals surface area contributed by atoms with Crippen molar-refractivity contribution >= 4 is 15.5 Å². The topological polar surface area (TPSA) is 57.6 Å². The molecule has 1 aromatic carbocycles. The number of hydrogen-bond donors (Lipinski definition) is 1. The first kappa shape index (κ1) is 15.0. The van der Waals surface area contributed by atoms with E-state index in [4.69, 9.17) is 5.11 Å². The van der Waals surface area contributed by atoms with E-state index in [9.17, 15) is 8.42 Å². The zero-order valence-corrected chi connectivity index (χ0v) is 11.9. The second-order valence-corrected chi connectivity index (χ2v) is 6.65. The van der Waals surface area contributed by atoms with E-state index in [2.05, 4.69) is 18.7 Å². The molecular formula is C13H21NO3S. The van der Waals surface area contributed by atoms with Gasteiger partial charge in [-0.3, -0.25) is 0 Å². The molecule has 0 heterocycles. The lowest BCUT2D eigenvalue weighted by Crippen LogP contribution is -2.32. The maximum absolute atomic E-state index is 11.4. The average Bonchev–Trinajstić information content (AvgIpc) is 2.28. The van der Waals surface area contributed by atoms with Crippen LogP contribution in [0.4, 0.5) is 5.69 Å². The van der Waals surface area contributed by atoms with E-state index in [0.29, 0.717) is 17.4 Å². The van der Waals surface area contributed by atoms with E-state index in [1.54, 1.807) is 12.1 Å². The Hall–Kier alpha value is -1.07. The van der Waals surface area contributed by atoms with Crippen LogP contribution < -0.4 is 4.90 Å². The zero-order chi connectivity index (χ0) is 13.8. The van der Waals surface area contributed by atoms with E-state index in [1.807, 2.05) is 12.1 Å². The Morgan fingerprint density at radius 2 is 1.78 bits per heavy atom. The number of aliphatic hydroxyl groups excluding tert-OH is 1. The van der Waals surface area contributed by atoms with Gasteiger partial charge in [-0.2, -0.15) is 0 Å². The molecule has 0 spiro atoms. The van der Waals surface area contributed by atoms with Crippen LogP contribution in [0, 0.1) is 0 Å². The molecule has 0 radical (unpaired) electrons. The predicted octanol–water partition coefficient (Wildman–Crippen LogP) is 1.69. The maximum Gasteiger partial charge on any atom is 0.175 e. The molecule has 1 aromatic rings. The Morgan fingerprint density at radius 3 is 2.17 bits per heavy atom. The standard InChI is InChI=1S/C13H21NO3S/c1-11(2)14(9-4-10-15)12-5-7-13(8-6-12)18(3,16)17/h5-8,11,15H,4,9-10H2,1-3H3. The van der Waals surface area contributed by atoms with Crippen LogP contribution in [-0.2, 0) is 9.84 Å². The summed E-state index contributed by atoms with van der Waals surface area (Å²) in [4.78, 5) is 2.47. The number of anilines is 1. The van der Waals surface area contributed by atoms with Gasteiger partial charge in [-0.25, -0.2) is 8.42 Å². The fraction of sp³-hybridized carbons (Fsp3) is 0.538. The molecule has 0 amide bonds. The summed E-state index contributed by atoms with van der Waals surface area (Å²) < 4.78 is 22.7. The normalized spacial score (nSPS) is 11.8. The first-order chi connectivity index (χ1) is 8.36. The van der Waals surface area contributed by atoms with Gasteiger partial charge in [0.25, 0.3) is 0 Å². The van der Waals surface area contributed by atoms with E-state index in [0.717, 1.165) is 12.2 Å². The predicted molar refractivity (Wildman–Crippen MR) is 73.7 cm³/mol. The molecule has 0 aliphatic carbocycles. The lowest BCUT2D eigenvalue weighted by atomic mass is 10.2. The van der Waals surface area contributed by atoms with E-state index >= 15 is 0 Å². The molecule has 1 N–H and O–H groups in total. The van der Waals surface area contributed by atoms with Gasteiger partial charge in [-0.05, 0) is 44.5 Å². The van der Waals surface area contributed by atoms with Crippen molar-refractivity contribution in [2.75, 3.05) is 24.3 Å². The molecule has 0 atom stereocenters. The summed E-state index contributed by atoms with van der Waals surface area (Å²) in [5.74, 6) is 0. The summed E-state index contributed by atoms with van der Waals surface area (Å²) in [6, 6.07) is 7.18. The highest BCUT2D eigenvalue weighted by molar-refractivity contribution is 7.90. The van der Waals surface area contributed by atoms with Crippen LogP contribution in [-0.4, -0.2) is 39.0 Å². The summed E-state index contributed by atoms with van der Waals surface area (Å²) in [6.45, 7) is 5.06. The van der Waals surface area contributed by atoms with Crippen LogP contribution in [0.2, 0.25) is 0 Å². The summed E-state index contributed by atoms with van der Waals surface area (Å²) in [7, 11) is -3.14. The minimum absolute atomic E-state index is 0.157. The molecule has 0 bridgehead atoms. The fourth-order valence-electron chi connectivity index (χ4n) is 1.81. The molecule has 0 aromatic heterocycles. The van der Waals surface area contributed by atoms with Crippen LogP contribution in [0.25, 0.3) is 0 Å². The van der Waals surface area contributed by atoms with E-state index in [1.165, 1.54) is 6.26 Å². The average molecular weight is 271 g/mol. The van der Waals surface area contributed by atoms with Crippen LogP contribution in [0.1, 0.15) is 20.3 Å². The summed E-state index contributed by atoms with van der Waals surface area (Å²) >= 11 is 0. The van der Waals surface area contributed by atoms with Gasteiger partial charge in [0.05, 0.1) is 4.90 Å². The molecule has 0 aliphatic heterocycles. The second kappa shape index (κ2) is 6.20. The first-order valence-electron chi connectivity index (χ1n) is 6.04. The molecule has 1 rings (SSSR count). The van der Waals surface area contributed by atoms with Crippen molar-refractivity contribution in [2.24, 2.45) is 0 Å². The monoisotopic (exact) mass is 271 g/mol. The van der Waals surface area contributed by atoms with Crippen molar-refractivity contribution in [3.05, 3.63) is 24.3 Å². The minimum atomic E-state index is -3.14. The Bertz CT molecular complexity index is 466. The molecule has 0 saturated carbocycles. The number of aliphatic hydroxyl groups is 1. The van der Waals surface area contributed by atoms with Gasteiger partial charge in [0, 0.05) is 31.1 Å². The number of hydrogen-bond acceptors (Lipinski definition) is 4. The smallest absolute Gasteiger partial charge is 0.175 e. The Balaban J connectivity index is 2.94. The molecule has 4 nitrogen and oxygen atoms in total. The van der Waals surface area contributed by atoms with Gasteiger partial charge in [-0.1, -0.05) is 0 Å². The largest absolute Gasteiger partial charge is 0.396 e. The number of nitrogens with zero attached hydrogens (tertiary/aromatic N) is 1. The molecular weight excluding hydrogens is 250 g/mol. The third-order valence-corrected chi connectivity index (χ3v) is 3.91. The van der Waals surface area contributed by atoms with Gasteiger partial charge >= 0.3 is 0 Å². The SMILES string of the molecule is CC(C)N(CCCO)c1ccc(S(C)(=O)=O)cc1. The maximum atomic E-state index is 11.4. The number of rotatable bonds is 6. The second-order valence-electron chi connectivity index (χ2n) is 4.63. The van der Waals surface area contributed by atoms with Crippen LogP contribution in [0.3, 0.4) is 0 Å². The van der Waals surface area contributed by atoms with Crippen molar-refractivity contribution in [3.63, 3.8) is 0 Å². The zero-order valence-electron chi connectivity index (χ0n) is 11.1. The van der Waals surface area contributed by atoms with Crippen LogP contribution >= 0.6 is 0 Å². The Morgan fingerprint density at radius 1 is 1.22 bits per heavy atom. The Labute approximate surface area is 109 Å². The number of benzene rings is 1.